The van der Waals surface area contributed by atoms with Gasteiger partial charge >= 0.3 is 0 Å². The number of unbranched alkanes of at least 4 members (excludes halogenated alkanes) is 1. The summed E-state index contributed by atoms with van der Waals surface area (Å²) >= 11 is 5.80. The number of rotatable bonds is 6. The Hall–Kier alpha value is -1.66. The predicted molar refractivity (Wildman–Crippen MR) is 66.8 cm³/mol. The standard InChI is InChI=1S/C11H13ClN2O4/c12-10-8(4-3-5-9(10)14(17)18)11(16)13-6-1-2-7-15/h3-5,15H,1-2,6-7H2,(H,13,16). The number of aliphatic hydroxyl groups excluding tert-OH is 1. The van der Waals surface area contributed by atoms with E-state index < -0.39 is 10.8 Å². The average Bonchev–Trinajstić information content (AvgIpc) is 2.34. The average molecular weight is 273 g/mol. The summed E-state index contributed by atoms with van der Waals surface area (Å²) in [4.78, 5) is 21.7. The van der Waals surface area contributed by atoms with E-state index in [9.17, 15) is 14.9 Å². The molecule has 2 N–H and O–H groups in total. The number of nitrogens with zero attached hydrogens (tertiary/aromatic N) is 1. The molecule has 98 valence electrons. The molecule has 0 fully saturated rings. The molecule has 1 aromatic carbocycles. The number of amides is 1. The van der Waals surface area contributed by atoms with Crippen molar-refractivity contribution in [3.8, 4) is 0 Å². The van der Waals surface area contributed by atoms with Crippen LogP contribution in [0, 0.1) is 10.1 Å². The van der Waals surface area contributed by atoms with Crippen LogP contribution in [-0.2, 0) is 0 Å². The lowest BCUT2D eigenvalue weighted by Gasteiger charge is -2.06. The predicted octanol–water partition coefficient (Wildman–Crippen LogP) is 1.75. The molecular weight excluding hydrogens is 260 g/mol. The maximum atomic E-state index is 11.7. The Morgan fingerprint density at radius 1 is 1.44 bits per heavy atom. The quantitative estimate of drug-likeness (QED) is 0.469. The molecule has 18 heavy (non-hydrogen) atoms. The summed E-state index contributed by atoms with van der Waals surface area (Å²) in [7, 11) is 0. The van der Waals surface area contributed by atoms with E-state index in [2.05, 4.69) is 5.32 Å². The number of hydrogen-bond acceptors (Lipinski definition) is 4. The molecule has 0 unspecified atom stereocenters. The lowest BCUT2D eigenvalue weighted by Crippen LogP contribution is -2.25. The number of nitro groups is 1. The minimum atomic E-state index is -0.634. The molecule has 0 aliphatic rings. The molecule has 7 heteroatoms. The maximum absolute atomic E-state index is 11.7. The summed E-state index contributed by atoms with van der Waals surface area (Å²) in [5.74, 6) is -0.457. The molecule has 1 rings (SSSR count). The topological polar surface area (TPSA) is 92.5 Å². The number of nitro benzene ring substituents is 1. The molecule has 0 bridgehead atoms. The first-order valence-corrected chi connectivity index (χ1v) is 5.77. The fraction of sp³-hybridized carbons (Fsp3) is 0.364. The van der Waals surface area contributed by atoms with Crippen LogP contribution < -0.4 is 5.32 Å². The first-order chi connectivity index (χ1) is 8.57. The Kier molecular flexibility index (Phi) is 5.54. The lowest BCUT2D eigenvalue weighted by molar-refractivity contribution is -0.384. The fourth-order valence-electron chi connectivity index (χ4n) is 1.37. The zero-order valence-electron chi connectivity index (χ0n) is 9.56. The monoisotopic (exact) mass is 272 g/mol. The zero-order chi connectivity index (χ0) is 13.5. The number of aliphatic hydroxyl groups is 1. The highest BCUT2D eigenvalue weighted by atomic mass is 35.5. The van der Waals surface area contributed by atoms with Crippen molar-refractivity contribution in [1.82, 2.24) is 5.32 Å². The summed E-state index contributed by atoms with van der Waals surface area (Å²) in [6.45, 7) is 0.450. The van der Waals surface area contributed by atoms with Crippen LogP contribution in [0.1, 0.15) is 23.2 Å². The van der Waals surface area contributed by atoms with Gasteiger partial charge in [0.15, 0.2) is 0 Å². The van der Waals surface area contributed by atoms with Crippen molar-refractivity contribution in [2.75, 3.05) is 13.2 Å². The van der Waals surface area contributed by atoms with Gasteiger partial charge < -0.3 is 10.4 Å². The molecule has 0 saturated heterocycles. The van der Waals surface area contributed by atoms with Crippen molar-refractivity contribution < 1.29 is 14.8 Å². The molecular formula is C11H13ClN2O4. The lowest BCUT2D eigenvalue weighted by atomic mass is 10.2. The highest BCUT2D eigenvalue weighted by Gasteiger charge is 2.19. The molecule has 0 atom stereocenters. The van der Waals surface area contributed by atoms with Gasteiger partial charge in [0.2, 0.25) is 0 Å². The molecule has 0 heterocycles. The highest BCUT2D eigenvalue weighted by molar-refractivity contribution is 6.35. The van der Waals surface area contributed by atoms with Crippen LogP contribution in [0.5, 0.6) is 0 Å². The Labute approximate surface area is 109 Å². The van der Waals surface area contributed by atoms with E-state index >= 15 is 0 Å². The summed E-state index contributed by atoms with van der Waals surface area (Å²) < 4.78 is 0. The van der Waals surface area contributed by atoms with Crippen molar-refractivity contribution in [3.05, 3.63) is 38.9 Å². The molecule has 0 aliphatic heterocycles. The minimum Gasteiger partial charge on any atom is -0.396 e. The summed E-state index contributed by atoms with van der Waals surface area (Å²) in [5.41, 5.74) is -0.213. The molecule has 0 aromatic heterocycles. The molecule has 0 radical (unpaired) electrons. The van der Waals surface area contributed by atoms with Crippen molar-refractivity contribution in [3.63, 3.8) is 0 Å². The third-order valence-corrected chi connectivity index (χ3v) is 2.69. The number of halogens is 1. The van der Waals surface area contributed by atoms with E-state index in [1.807, 2.05) is 0 Å². The van der Waals surface area contributed by atoms with Gasteiger partial charge in [-0.25, -0.2) is 0 Å². The first kappa shape index (κ1) is 14.4. The third kappa shape index (κ3) is 3.68. The second-order valence-electron chi connectivity index (χ2n) is 3.58. The highest BCUT2D eigenvalue weighted by Crippen LogP contribution is 2.27. The van der Waals surface area contributed by atoms with Crippen LogP contribution in [0.2, 0.25) is 5.02 Å². The fourth-order valence-corrected chi connectivity index (χ4v) is 1.65. The number of carbonyl (C=O) groups excluding carboxylic acids is 1. The van der Waals surface area contributed by atoms with Crippen LogP contribution in [-0.4, -0.2) is 29.1 Å². The molecule has 0 spiro atoms. The van der Waals surface area contributed by atoms with Crippen LogP contribution in [0.3, 0.4) is 0 Å². The van der Waals surface area contributed by atoms with Gasteiger partial charge in [-0.3, -0.25) is 14.9 Å². The smallest absolute Gasteiger partial charge is 0.288 e. The Morgan fingerprint density at radius 2 is 2.17 bits per heavy atom. The van der Waals surface area contributed by atoms with E-state index in [-0.39, 0.29) is 22.9 Å². The van der Waals surface area contributed by atoms with Crippen molar-refractivity contribution in [1.29, 1.82) is 0 Å². The zero-order valence-corrected chi connectivity index (χ0v) is 10.3. The van der Waals surface area contributed by atoms with E-state index in [1.54, 1.807) is 0 Å². The van der Waals surface area contributed by atoms with Crippen LogP contribution in [0.15, 0.2) is 18.2 Å². The van der Waals surface area contributed by atoms with Gasteiger partial charge in [0, 0.05) is 19.2 Å². The maximum Gasteiger partial charge on any atom is 0.288 e. The van der Waals surface area contributed by atoms with Gasteiger partial charge in [0.1, 0.15) is 5.02 Å². The van der Waals surface area contributed by atoms with Crippen molar-refractivity contribution in [2.45, 2.75) is 12.8 Å². The van der Waals surface area contributed by atoms with Gasteiger partial charge in [-0.05, 0) is 18.9 Å². The van der Waals surface area contributed by atoms with E-state index in [0.29, 0.717) is 19.4 Å². The van der Waals surface area contributed by atoms with E-state index in [1.165, 1.54) is 18.2 Å². The van der Waals surface area contributed by atoms with Crippen LogP contribution in [0.4, 0.5) is 5.69 Å². The van der Waals surface area contributed by atoms with E-state index in [0.717, 1.165) is 0 Å². The Morgan fingerprint density at radius 3 is 2.78 bits per heavy atom. The normalized spacial score (nSPS) is 10.1. The number of carbonyl (C=O) groups is 1. The second kappa shape index (κ2) is 6.93. The first-order valence-electron chi connectivity index (χ1n) is 5.40. The van der Waals surface area contributed by atoms with Gasteiger partial charge in [-0.15, -0.1) is 0 Å². The largest absolute Gasteiger partial charge is 0.396 e. The van der Waals surface area contributed by atoms with Gasteiger partial charge in [0.25, 0.3) is 11.6 Å². The Balaban J connectivity index is 2.74. The minimum absolute atomic E-state index is 0.0629. The van der Waals surface area contributed by atoms with Gasteiger partial charge in [-0.1, -0.05) is 17.7 Å². The van der Waals surface area contributed by atoms with E-state index in [4.69, 9.17) is 16.7 Å². The Bertz CT molecular complexity index is 451. The van der Waals surface area contributed by atoms with Crippen LogP contribution >= 0.6 is 11.6 Å². The van der Waals surface area contributed by atoms with Gasteiger partial charge in [-0.2, -0.15) is 0 Å². The molecule has 0 aliphatic carbocycles. The number of benzene rings is 1. The molecule has 1 amide bonds. The SMILES string of the molecule is O=C(NCCCCO)c1cccc([N+](=O)[O-])c1Cl. The number of hydrogen-bond donors (Lipinski definition) is 2. The third-order valence-electron chi connectivity index (χ3n) is 2.29. The second-order valence-corrected chi connectivity index (χ2v) is 3.96. The van der Waals surface area contributed by atoms with Crippen molar-refractivity contribution >= 4 is 23.2 Å². The molecule has 1 aromatic rings. The molecule has 0 saturated carbocycles. The summed E-state index contributed by atoms with van der Waals surface area (Å²) in [6, 6.07) is 4.08. The van der Waals surface area contributed by atoms with Gasteiger partial charge in [0.05, 0.1) is 10.5 Å². The summed E-state index contributed by atoms with van der Waals surface area (Å²) in [6.07, 6.45) is 1.22. The summed E-state index contributed by atoms with van der Waals surface area (Å²) in [5, 5.41) is 21.7. The van der Waals surface area contributed by atoms with Crippen molar-refractivity contribution in [2.24, 2.45) is 0 Å². The number of nitrogens with one attached hydrogen (secondary N) is 1. The van der Waals surface area contributed by atoms with Crippen LogP contribution in [0.25, 0.3) is 0 Å². The molecule has 6 nitrogen and oxygen atoms in total.